The third kappa shape index (κ3) is 3.09. The maximum atomic E-state index is 13.3. The second kappa shape index (κ2) is 5.94. The predicted octanol–water partition coefficient (Wildman–Crippen LogP) is 2.80. The fourth-order valence-electron chi connectivity index (χ4n) is 1.35. The zero-order valence-corrected chi connectivity index (χ0v) is 11.3. The van der Waals surface area contributed by atoms with Crippen molar-refractivity contribution in [3.8, 4) is 0 Å². The zero-order valence-electron chi connectivity index (χ0n) is 9.75. The van der Waals surface area contributed by atoms with Crippen molar-refractivity contribution >= 4 is 35.0 Å². The third-order valence-electron chi connectivity index (χ3n) is 2.29. The van der Waals surface area contributed by atoms with Gasteiger partial charge in [0.05, 0.1) is 21.9 Å². The molecule has 20 heavy (non-hydrogen) atoms. The Morgan fingerprint density at radius 1 is 1.10 bits per heavy atom. The summed E-state index contributed by atoms with van der Waals surface area (Å²) in [4.78, 5) is 23.3. The molecule has 2 amide bonds. The molecule has 0 atom stereocenters. The van der Waals surface area contributed by atoms with Crippen LogP contribution in [-0.4, -0.2) is 11.8 Å². The molecule has 2 aromatic rings. The van der Waals surface area contributed by atoms with Crippen LogP contribution in [0.3, 0.4) is 0 Å². The first-order valence-electron chi connectivity index (χ1n) is 5.28. The van der Waals surface area contributed by atoms with E-state index in [2.05, 4.69) is 10.9 Å². The summed E-state index contributed by atoms with van der Waals surface area (Å²) < 4.78 is 18.1. The Morgan fingerprint density at radius 3 is 2.45 bits per heavy atom. The Kier molecular flexibility index (Phi) is 4.26. The van der Waals surface area contributed by atoms with E-state index in [4.69, 9.17) is 27.6 Å². The number of hydrazine groups is 1. The number of rotatable bonds is 2. The van der Waals surface area contributed by atoms with E-state index in [0.29, 0.717) is 0 Å². The van der Waals surface area contributed by atoms with Crippen LogP contribution in [0.2, 0.25) is 10.0 Å². The molecule has 0 aliphatic heterocycles. The normalized spacial score (nSPS) is 10.2. The molecule has 2 N–H and O–H groups in total. The summed E-state index contributed by atoms with van der Waals surface area (Å²) in [5.41, 5.74) is 4.02. The molecule has 0 aliphatic rings. The van der Waals surface area contributed by atoms with Crippen molar-refractivity contribution in [3.63, 3.8) is 0 Å². The Labute approximate surface area is 122 Å². The van der Waals surface area contributed by atoms with Gasteiger partial charge in [0.2, 0.25) is 0 Å². The van der Waals surface area contributed by atoms with E-state index in [1.807, 2.05) is 0 Å². The molecule has 0 bridgehead atoms. The highest BCUT2D eigenvalue weighted by molar-refractivity contribution is 6.36. The Hall–Kier alpha value is -2.05. The summed E-state index contributed by atoms with van der Waals surface area (Å²) >= 11 is 11.3. The van der Waals surface area contributed by atoms with E-state index >= 15 is 0 Å². The summed E-state index contributed by atoms with van der Waals surface area (Å²) in [6.45, 7) is 0. The molecule has 1 heterocycles. The maximum absolute atomic E-state index is 13.3. The van der Waals surface area contributed by atoms with Gasteiger partial charge in [-0.25, -0.2) is 4.39 Å². The fourth-order valence-corrected chi connectivity index (χ4v) is 1.82. The number of nitrogens with one attached hydrogen (secondary N) is 2. The molecule has 0 unspecified atom stereocenters. The van der Waals surface area contributed by atoms with Crippen LogP contribution < -0.4 is 10.9 Å². The van der Waals surface area contributed by atoms with Crippen LogP contribution in [0.1, 0.15) is 20.9 Å². The number of hydrogen-bond donors (Lipinski definition) is 2. The molecule has 0 aliphatic carbocycles. The van der Waals surface area contributed by atoms with E-state index in [-0.39, 0.29) is 21.4 Å². The minimum Gasteiger partial charge on any atom is -0.459 e. The van der Waals surface area contributed by atoms with Crippen LogP contribution in [0.5, 0.6) is 0 Å². The molecule has 0 radical (unpaired) electrons. The van der Waals surface area contributed by atoms with Crippen molar-refractivity contribution in [2.75, 3.05) is 0 Å². The van der Waals surface area contributed by atoms with Gasteiger partial charge in [0.25, 0.3) is 5.91 Å². The summed E-state index contributed by atoms with van der Waals surface area (Å²) in [7, 11) is 0. The van der Waals surface area contributed by atoms with E-state index in [9.17, 15) is 14.0 Å². The van der Waals surface area contributed by atoms with Gasteiger partial charge in [0.15, 0.2) is 5.76 Å². The van der Waals surface area contributed by atoms with Crippen molar-refractivity contribution in [1.29, 1.82) is 0 Å². The number of benzene rings is 1. The minimum atomic E-state index is -0.793. The Balaban J connectivity index is 2.06. The first kappa shape index (κ1) is 14.4. The van der Waals surface area contributed by atoms with Gasteiger partial charge in [0.1, 0.15) is 5.82 Å². The average Bonchev–Trinajstić information content (AvgIpc) is 2.94. The van der Waals surface area contributed by atoms with E-state index in [1.165, 1.54) is 18.4 Å². The molecule has 8 heteroatoms. The SMILES string of the molecule is O=C(NNC(=O)c1cc(F)c(Cl)cc1Cl)c1ccco1. The molecule has 2 rings (SSSR count). The van der Waals surface area contributed by atoms with Crippen LogP contribution >= 0.6 is 23.2 Å². The molecule has 0 saturated carbocycles. The molecule has 1 aromatic carbocycles. The molecule has 0 saturated heterocycles. The van der Waals surface area contributed by atoms with Gasteiger partial charge >= 0.3 is 5.91 Å². The highest BCUT2D eigenvalue weighted by Crippen LogP contribution is 2.24. The quantitative estimate of drug-likeness (QED) is 0.661. The van der Waals surface area contributed by atoms with Gasteiger partial charge in [-0.05, 0) is 24.3 Å². The molecule has 1 aromatic heterocycles. The molecular formula is C12H7Cl2FN2O3. The second-order valence-electron chi connectivity index (χ2n) is 3.63. The van der Waals surface area contributed by atoms with E-state index in [0.717, 1.165) is 12.1 Å². The first-order chi connectivity index (χ1) is 9.49. The number of carbonyl (C=O) groups is 2. The van der Waals surface area contributed by atoms with Crippen LogP contribution in [0.15, 0.2) is 34.9 Å². The highest BCUT2D eigenvalue weighted by Gasteiger charge is 2.15. The van der Waals surface area contributed by atoms with Crippen molar-refractivity contribution in [1.82, 2.24) is 10.9 Å². The average molecular weight is 317 g/mol. The fraction of sp³-hybridized carbons (Fsp3) is 0. The van der Waals surface area contributed by atoms with Gasteiger partial charge < -0.3 is 4.42 Å². The molecule has 0 fully saturated rings. The van der Waals surface area contributed by atoms with Crippen molar-refractivity contribution in [3.05, 3.63) is 57.7 Å². The summed E-state index contributed by atoms with van der Waals surface area (Å²) in [5, 5.41) is -0.243. The largest absolute Gasteiger partial charge is 0.459 e. The van der Waals surface area contributed by atoms with Crippen LogP contribution in [0.25, 0.3) is 0 Å². The summed E-state index contributed by atoms with van der Waals surface area (Å²) in [5.74, 6) is -2.23. The summed E-state index contributed by atoms with van der Waals surface area (Å²) in [6.07, 6.45) is 1.31. The Bertz CT molecular complexity index is 659. The molecular weight excluding hydrogens is 310 g/mol. The highest BCUT2D eigenvalue weighted by atomic mass is 35.5. The van der Waals surface area contributed by atoms with Gasteiger partial charge in [-0.3, -0.25) is 20.4 Å². The lowest BCUT2D eigenvalue weighted by Gasteiger charge is -2.08. The number of hydrogen-bond acceptors (Lipinski definition) is 3. The zero-order chi connectivity index (χ0) is 14.7. The van der Waals surface area contributed by atoms with Gasteiger partial charge in [0, 0.05) is 0 Å². The number of halogens is 3. The predicted molar refractivity (Wildman–Crippen MR) is 70.1 cm³/mol. The number of furan rings is 1. The Morgan fingerprint density at radius 2 is 1.80 bits per heavy atom. The topological polar surface area (TPSA) is 71.3 Å². The van der Waals surface area contributed by atoms with E-state index < -0.39 is 17.6 Å². The van der Waals surface area contributed by atoms with Crippen LogP contribution in [-0.2, 0) is 0 Å². The number of amides is 2. The first-order valence-corrected chi connectivity index (χ1v) is 6.03. The standard InChI is InChI=1S/C12H7Cl2FN2O3/c13-7-5-8(14)9(15)4-6(7)11(18)16-17-12(19)10-2-1-3-20-10/h1-5H,(H,16,18)(H,17,19). The maximum Gasteiger partial charge on any atom is 0.305 e. The lowest BCUT2D eigenvalue weighted by atomic mass is 10.2. The molecule has 104 valence electrons. The summed E-state index contributed by atoms with van der Waals surface area (Å²) in [6, 6.07) is 4.90. The molecule has 0 spiro atoms. The lowest BCUT2D eigenvalue weighted by molar-refractivity contribution is 0.0831. The van der Waals surface area contributed by atoms with E-state index in [1.54, 1.807) is 0 Å². The van der Waals surface area contributed by atoms with Crippen molar-refractivity contribution < 1.29 is 18.4 Å². The monoisotopic (exact) mass is 316 g/mol. The smallest absolute Gasteiger partial charge is 0.305 e. The van der Waals surface area contributed by atoms with Crippen LogP contribution in [0.4, 0.5) is 4.39 Å². The van der Waals surface area contributed by atoms with Gasteiger partial charge in [-0.1, -0.05) is 23.2 Å². The third-order valence-corrected chi connectivity index (χ3v) is 2.89. The minimum absolute atomic E-state index is 0.0127. The van der Waals surface area contributed by atoms with Gasteiger partial charge in [-0.15, -0.1) is 0 Å². The van der Waals surface area contributed by atoms with Crippen molar-refractivity contribution in [2.45, 2.75) is 0 Å². The molecule has 5 nitrogen and oxygen atoms in total. The second-order valence-corrected chi connectivity index (χ2v) is 4.45. The number of carbonyl (C=O) groups excluding carboxylic acids is 2. The lowest BCUT2D eigenvalue weighted by Crippen LogP contribution is -2.41. The van der Waals surface area contributed by atoms with Crippen molar-refractivity contribution in [2.24, 2.45) is 0 Å². The van der Waals surface area contributed by atoms with Crippen LogP contribution in [0, 0.1) is 5.82 Å². The van der Waals surface area contributed by atoms with Gasteiger partial charge in [-0.2, -0.15) is 0 Å².